The van der Waals surface area contributed by atoms with Crippen molar-refractivity contribution in [3.63, 3.8) is 0 Å². The third-order valence-electron chi connectivity index (χ3n) is 5.31. The number of carbonyl (C=O) groups is 1. The lowest BCUT2D eigenvalue weighted by atomic mass is 9.95. The van der Waals surface area contributed by atoms with Crippen LogP contribution in [0, 0.1) is 0 Å². The third-order valence-corrected chi connectivity index (χ3v) is 6.23. The summed E-state index contributed by atoms with van der Waals surface area (Å²) in [7, 11) is 0. The molecule has 4 aromatic rings. The maximum Gasteiger partial charge on any atom is 0.297 e. The van der Waals surface area contributed by atoms with Gasteiger partial charge in [-0.1, -0.05) is 61.1 Å². The summed E-state index contributed by atoms with van der Waals surface area (Å²) < 4.78 is 5.90. The Morgan fingerprint density at radius 1 is 1.13 bits per heavy atom. The van der Waals surface area contributed by atoms with Crippen molar-refractivity contribution < 1.29 is 9.21 Å². The summed E-state index contributed by atoms with van der Waals surface area (Å²) in [6, 6.07) is 12.1. The fourth-order valence-corrected chi connectivity index (χ4v) is 4.55. The highest BCUT2D eigenvalue weighted by molar-refractivity contribution is 7.13. The van der Waals surface area contributed by atoms with E-state index in [0.29, 0.717) is 32.6 Å². The number of halogens is 1. The van der Waals surface area contributed by atoms with Gasteiger partial charge in [0, 0.05) is 5.02 Å². The van der Waals surface area contributed by atoms with Crippen LogP contribution in [0.5, 0.6) is 0 Å². The number of hydrogen-bond acceptors (Lipinski definition) is 6. The predicted octanol–water partition coefficient (Wildman–Crippen LogP) is 5.17. The second-order valence-electron chi connectivity index (χ2n) is 7.43. The first-order valence-electron chi connectivity index (χ1n) is 9.41. The van der Waals surface area contributed by atoms with E-state index < -0.39 is 11.9 Å². The van der Waals surface area contributed by atoms with Gasteiger partial charge in [0.05, 0.1) is 17.0 Å². The van der Waals surface area contributed by atoms with E-state index in [4.69, 9.17) is 16.0 Å². The smallest absolute Gasteiger partial charge is 0.297 e. The number of fused-ring (bicyclic) bond motifs is 2. The molecule has 0 N–H and O–H groups in total. The molecule has 0 spiro atoms. The number of rotatable bonds is 3. The third kappa shape index (κ3) is 2.85. The Morgan fingerprint density at radius 3 is 2.57 bits per heavy atom. The molecular formula is C22H16ClN3O3S. The lowest BCUT2D eigenvalue weighted by Gasteiger charge is -2.22. The first-order valence-corrected chi connectivity index (χ1v) is 10.7. The maximum absolute atomic E-state index is 13.5. The number of carbonyl (C=O) groups excluding carboxylic acids is 1. The normalized spacial score (nSPS) is 15.9. The molecule has 0 saturated heterocycles. The largest absolute Gasteiger partial charge is 0.450 e. The molecule has 8 heteroatoms. The Hall–Kier alpha value is -3.03. The predicted molar refractivity (Wildman–Crippen MR) is 117 cm³/mol. The van der Waals surface area contributed by atoms with E-state index in [0.717, 1.165) is 5.56 Å². The zero-order valence-corrected chi connectivity index (χ0v) is 17.7. The minimum absolute atomic E-state index is 0.0305. The molecule has 0 saturated carbocycles. The standard InChI is InChI=1S/C22H16ClN3O3S/c1-11(2)12-3-5-13(6-4-12)18-17-19(27)15-9-14(23)7-8-16(15)29-20(17)21(28)26(18)22-25-24-10-30-22/h3-11,18H,1-2H3/t18-/m0/s1. The SMILES string of the molecule is CC(C)c1ccc([C@H]2c3c(oc4ccc(Cl)cc4c3=O)C(=O)N2c2nncs2)cc1. The van der Waals surface area contributed by atoms with Gasteiger partial charge in [-0.25, -0.2) is 0 Å². The van der Waals surface area contributed by atoms with E-state index in [1.54, 1.807) is 23.7 Å². The second kappa shape index (κ2) is 7.04. The average Bonchev–Trinajstić information content (AvgIpc) is 3.35. The molecule has 0 radical (unpaired) electrons. The molecule has 5 rings (SSSR count). The van der Waals surface area contributed by atoms with Crippen LogP contribution in [0.1, 0.15) is 53.1 Å². The van der Waals surface area contributed by atoms with Gasteiger partial charge in [0.15, 0.2) is 5.43 Å². The van der Waals surface area contributed by atoms with Crippen LogP contribution in [0.4, 0.5) is 5.13 Å². The molecule has 6 nitrogen and oxygen atoms in total. The molecule has 0 bridgehead atoms. The van der Waals surface area contributed by atoms with Crippen LogP contribution < -0.4 is 10.3 Å². The van der Waals surface area contributed by atoms with Crippen LogP contribution in [0.2, 0.25) is 5.02 Å². The van der Waals surface area contributed by atoms with Crippen molar-refractivity contribution in [2.75, 3.05) is 4.90 Å². The zero-order valence-electron chi connectivity index (χ0n) is 16.1. The lowest BCUT2D eigenvalue weighted by molar-refractivity contribution is 0.0970. The molecule has 1 amide bonds. The van der Waals surface area contributed by atoms with E-state index in [1.165, 1.54) is 21.8 Å². The van der Waals surface area contributed by atoms with Crippen molar-refractivity contribution in [3.8, 4) is 0 Å². The van der Waals surface area contributed by atoms with E-state index in [9.17, 15) is 9.59 Å². The van der Waals surface area contributed by atoms with Crippen LogP contribution in [-0.2, 0) is 0 Å². The molecule has 0 unspecified atom stereocenters. The summed E-state index contributed by atoms with van der Waals surface area (Å²) in [5.41, 5.74) is 3.87. The summed E-state index contributed by atoms with van der Waals surface area (Å²) in [6.07, 6.45) is 0. The average molecular weight is 438 g/mol. The number of benzene rings is 2. The molecular weight excluding hydrogens is 422 g/mol. The van der Waals surface area contributed by atoms with Crippen molar-refractivity contribution in [1.29, 1.82) is 0 Å². The molecule has 1 aliphatic rings. The molecule has 1 atom stereocenters. The van der Waals surface area contributed by atoms with E-state index in [2.05, 4.69) is 24.0 Å². The Kier molecular flexibility index (Phi) is 4.45. The Morgan fingerprint density at radius 2 is 1.90 bits per heavy atom. The topological polar surface area (TPSA) is 76.3 Å². The quantitative estimate of drug-likeness (QED) is 0.442. The monoisotopic (exact) mass is 437 g/mol. The summed E-state index contributed by atoms with van der Waals surface area (Å²) in [5.74, 6) is -0.0106. The van der Waals surface area contributed by atoms with Gasteiger partial charge in [-0.2, -0.15) is 0 Å². The van der Waals surface area contributed by atoms with Crippen LogP contribution in [0.3, 0.4) is 0 Å². The van der Waals surface area contributed by atoms with Gasteiger partial charge in [0.2, 0.25) is 10.9 Å². The number of hydrogen-bond donors (Lipinski definition) is 0. The minimum atomic E-state index is -0.652. The molecule has 2 aromatic carbocycles. The first kappa shape index (κ1) is 19.0. The maximum atomic E-state index is 13.5. The van der Waals surface area contributed by atoms with Crippen molar-refractivity contribution in [2.24, 2.45) is 0 Å². The molecule has 3 heterocycles. The van der Waals surface area contributed by atoms with Crippen molar-refractivity contribution in [3.05, 3.63) is 85.7 Å². The van der Waals surface area contributed by atoms with Crippen molar-refractivity contribution in [2.45, 2.75) is 25.8 Å². The Balaban J connectivity index is 1.78. The Labute approximate surface area is 180 Å². The highest BCUT2D eigenvalue weighted by Crippen LogP contribution is 2.41. The molecule has 0 fully saturated rings. The molecule has 0 aliphatic carbocycles. The summed E-state index contributed by atoms with van der Waals surface area (Å²) in [5, 5.41) is 9.12. The first-order chi connectivity index (χ1) is 14.5. The molecule has 150 valence electrons. The molecule has 1 aliphatic heterocycles. The lowest BCUT2D eigenvalue weighted by Crippen LogP contribution is -2.29. The number of amides is 1. The van der Waals surface area contributed by atoms with Crippen LogP contribution in [0.15, 0.2) is 57.2 Å². The number of nitrogens with zero attached hydrogens (tertiary/aromatic N) is 3. The number of anilines is 1. The highest BCUT2D eigenvalue weighted by atomic mass is 35.5. The highest BCUT2D eigenvalue weighted by Gasteiger charge is 2.44. The van der Waals surface area contributed by atoms with Gasteiger partial charge < -0.3 is 4.42 Å². The van der Waals surface area contributed by atoms with E-state index in [1.807, 2.05) is 24.3 Å². The van der Waals surface area contributed by atoms with E-state index in [-0.39, 0.29) is 11.2 Å². The Bertz CT molecular complexity index is 1330. The van der Waals surface area contributed by atoms with Gasteiger partial charge in [0.1, 0.15) is 11.1 Å². The van der Waals surface area contributed by atoms with Gasteiger partial charge in [-0.15, -0.1) is 10.2 Å². The van der Waals surface area contributed by atoms with Gasteiger partial charge >= 0.3 is 0 Å². The number of aromatic nitrogens is 2. The zero-order chi connectivity index (χ0) is 21.0. The summed E-state index contributed by atoms with van der Waals surface area (Å²) in [6.45, 7) is 4.23. The van der Waals surface area contributed by atoms with Crippen molar-refractivity contribution in [1.82, 2.24) is 10.2 Å². The van der Waals surface area contributed by atoms with Gasteiger partial charge in [0.25, 0.3) is 5.91 Å². The molecule has 30 heavy (non-hydrogen) atoms. The van der Waals surface area contributed by atoms with Crippen LogP contribution in [0.25, 0.3) is 11.0 Å². The van der Waals surface area contributed by atoms with Gasteiger partial charge in [-0.3, -0.25) is 14.5 Å². The fourth-order valence-electron chi connectivity index (χ4n) is 3.79. The summed E-state index contributed by atoms with van der Waals surface area (Å²) >= 11 is 7.34. The summed E-state index contributed by atoms with van der Waals surface area (Å²) in [4.78, 5) is 28.3. The van der Waals surface area contributed by atoms with Crippen molar-refractivity contribution >= 4 is 44.9 Å². The minimum Gasteiger partial charge on any atom is -0.450 e. The van der Waals surface area contributed by atoms with Crippen LogP contribution in [-0.4, -0.2) is 16.1 Å². The van der Waals surface area contributed by atoms with Crippen LogP contribution >= 0.6 is 22.9 Å². The fraction of sp³-hybridized carbons (Fsp3) is 0.182. The van der Waals surface area contributed by atoms with E-state index >= 15 is 0 Å². The molecule has 2 aromatic heterocycles. The van der Waals surface area contributed by atoms with Gasteiger partial charge in [-0.05, 0) is 35.2 Å². The second-order valence-corrected chi connectivity index (χ2v) is 8.68.